The van der Waals surface area contributed by atoms with Crippen molar-refractivity contribution in [2.75, 3.05) is 0 Å². The van der Waals surface area contributed by atoms with Gasteiger partial charge in [-0.25, -0.2) is 0 Å². The standard InChI is InChI=1S/C25H38O3/c1-5-6-7-8-9-10-11-12-13-14-15-16-17-21-25(4,28)22-19-18-20-24(2,3)23(26)27/h6-7,9-10,12-13,15-19,21,28H,5,8,11,14,20,22H2,1-4H3,(H,26,27)/b7-6-,10-9-,13-12-,16-15-,19-18-,21-17+. The third-order valence-corrected chi connectivity index (χ3v) is 4.16. The van der Waals surface area contributed by atoms with E-state index in [0.717, 1.165) is 25.7 Å². The maximum Gasteiger partial charge on any atom is 0.309 e. The van der Waals surface area contributed by atoms with Crippen molar-refractivity contribution in [2.24, 2.45) is 5.41 Å². The number of hydrogen-bond donors (Lipinski definition) is 2. The van der Waals surface area contributed by atoms with Gasteiger partial charge in [-0.15, -0.1) is 0 Å². The zero-order valence-electron chi connectivity index (χ0n) is 18.0. The van der Waals surface area contributed by atoms with Gasteiger partial charge in [0, 0.05) is 0 Å². The summed E-state index contributed by atoms with van der Waals surface area (Å²) in [6.45, 7) is 7.26. The summed E-state index contributed by atoms with van der Waals surface area (Å²) < 4.78 is 0. The topological polar surface area (TPSA) is 57.5 Å². The Morgan fingerprint density at radius 3 is 1.79 bits per heavy atom. The maximum absolute atomic E-state index is 11.0. The van der Waals surface area contributed by atoms with E-state index in [0.29, 0.717) is 12.8 Å². The summed E-state index contributed by atoms with van der Waals surface area (Å²) in [4.78, 5) is 11.0. The van der Waals surface area contributed by atoms with Crippen LogP contribution in [-0.4, -0.2) is 21.8 Å². The van der Waals surface area contributed by atoms with Crippen LogP contribution in [0.4, 0.5) is 0 Å². The molecule has 0 saturated carbocycles. The average Bonchev–Trinajstić information content (AvgIpc) is 2.62. The molecule has 0 aliphatic carbocycles. The number of hydrogen-bond acceptors (Lipinski definition) is 2. The SMILES string of the molecule is CC/C=C\C/C=C\C/C=C\C/C=C\C=C\C(C)(O)C/C=C\CC(C)(C)C(=O)O. The van der Waals surface area contributed by atoms with Crippen molar-refractivity contribution in [3.05, 3.63) is 72.9 Å². The molecule has 0 rings (SSSR count). The molecule has 0 saturated heterocycles. The molecular formula is C25H38O3. The normalized spacial score (nSPS) is 15.9. The van der Waals surface area contributed by atoms with Crippen molar-refractivity contribution in [2.45, 2.75) is 71.8 Å². The Morgan fingerprint density at radius 2 is 1.25 bits per heavy atom. The number of carboxylic acids is 1. The molecule has 0 fully saturated rings. The lowest BCUT2D eigenvalue weighted by Crippen LogP contribution is -2.23. The van der Waals surface area contributed by atoms with Crippen molar-refractivity contribution >= 4 is 5.97 Å². The van der Waals surface area contributed by atoms with Crippen LogP contribution in [0.5, 0.6) is 0 Å². The summed E-state index contributed by atoms with van der Waals surface area (Å²) in [7, 11) is 0. The van der Waals surface area contributed by atoms with Gasteiger partial charge in [0.1, 0.15) is 0 Å². The smallest absolute Gasteiger partial charge is 0.309 e. The summed E-state index contributed by atoms with van der Waals surface area (Å²) in [6, 6.07) is 0. The van der Waals surface area contributed by atoms with Crippen LogP contribution in [0.1, 0.15) is 66.2 Å². The van der Waals surface area contributed by atoms with Gasteiger partial charge < -0.3 is 10.2 Å². The minimum atomic E-state index is -0.943. The number of carbonyl (C=O) groups is 1. The Hall–Kier alpha value is -2.13. The van der Waals surface area contributed by atoms with E-state index in [4.69, 9.17) is 5.11 Å². The first-order valence-electron chi connectivity index (χ1n) is 10.1. The van der Waals surface area contributed by atoms with Gasteiger partial charge in [0.2, 0.25) is 0 Å². The van der Waals surface area contributed by atoms with E-state index in [1.807, 2.05) is 30.4 Å². The fourth-order valence-corrected chi connectivity index (χ4v) is 2.16. The van der Waals surface area contributed by atoms with E-state index in [1.54, 1.807) is 26.8 Å². The molecule has 1 unspecified atom stereocenters. The van der Waals surface area contributed by atoms with E-state index in [9.17, 15) is 9.90 Å². The first-order chi connectivity index (χ1) is 13.2. The number of carboxylic acid groups (broad SMARTS) is 1. The molecule has 0 aliphatic rings. The molecule has 28 heavy (non-hydrogen) atoms. The predicted molar refractivity (Wildman–Crippen MR) is 120 cm³/mol. The van der Waals surface area contributed by atoms with Gasteiger partial charge in [0.15, 0.2) is 0 Å². The first-order valence-corrected chi connectivity index (χ1v) is 10.1. The molecule has 0 aromatic rings. The Balaban J connectivity index is 4.09. The molecule has 0 aliphatic heterocycles. The molecule has 1 atom stereocenters. The molecule has 0 radical (unpaired) electrons. The lowest BCUT2D eigenvalue weighted by atomic mass is 9.89. The minimum Gasteiger partial charge on any atom is -0.481 e. The number of allylic oxidation sites excluding steroid dienone is 10. The Labute approximate surface area is 171 Å². The molecule has 3 heteroatoms. The second-order valence-electron chi connectivity index (χ2n) is 7.74. The number of aliphatic carboxylic acids is 1. The van der Waals surface area contributed by atoms with E-state index in [2.05, 4.69) is 43.4 Å². The van der Waals surface area contributed by atoms with E-state index < -0.39 is 17.0 Å². The second kappa shape index (κ2) is 14.9. The molecule has 156 valence electrons. The van der Waals surface area contributed by atoms with Crippen molar-refractivity contribution in [3.63, 3.8) is 0 Å². The van der Waals surface area contributed by atoms with Crippen LogP contribution in [0.15, 0.2) is 72.9 Å². The van der Waals surface area contributed by atoms with Crippen LogP contribution in [0, 0.1) is 5.41 Å². The van der Waals surface area contributed by atoms with Crippen LogP contribution < -0.4 is 0 Å². The number of rotatable bonds is 14. The van der Waals surface area contributed by atoms with Crippen LogP contribution >= 0.6 is 0 Å². The van der Waals surface area contributed by atoms with Crippen molar-refractivity contribution < 1.29 is 15.0 Å². The zero-order valence-corrected chi connectivity index (χ0v) is 18.0. The van der Waals surface area contributed by atoms with Crippen molar-refractivity contribution in [1.82, 2.24) is 0 Å². The van der Waals surface area contributed by atoms with Gasteiger partial charge in [-0.05, 0) is 59.3 Å². The fourth-order valence-electron chi connectivity index (χ4n) is 2.16. The fraction of sp³-hybridized carbons (Fsp3) is 0.480. The van der Waals surface area contributed by atoms with E-state index in [1.165, 1.54) is 0 Å². The quantitative estimate of drug-likeness (QED) is 0.263. The first kappa shape index (κ1) is 25.9. The van der Waals surface area contributed by atoms with Crippen LogP contribution in [0.2, 0.25) is 0 Å². The zero-order chi connectivity index (χ0) is 21.3. The predicted octanol–water partition coefficient (Wildman–Crippen LogP) is 6.55. The molecule has 0 aromatic heterocycles. The van der Waals surface area contributed by atoms with Gasteiger partial charge >= 0.3 is 5.97 Å². The van der Waals surface area contributed by atoms with Gasteiger partial charge in [-0.1, -0.05) is 79.8 Å². The largest absolute Gasteiger partial charge is 0.481 e. The molecule has 0 heterocycles. The van der Waals surface area contributed by atoms with Crippen molar-refractivity contribution in [3.8, 4) is 0 Å². The second-order valence-corrected chi connectivity index (χ2v) is 7.74. The van der Waals surface area contributed by atoms with E-state index in [-0.39, 0.29) is 0 Å². The highest BCUT2D eigenvalue weighted by atomic mass is 16.4. The molecule has 0 spiro atoms. The monoisotopic (exact) mass is 386 g/mol. The summed E-state index contributed by atoms with van der Waals surface area (Å²) >= 11 is 0. The summed E-state index contributed by atoms with van der Waals surface area (Å²) in [6.07, 6.45) is 29.0. The summed E-state index contributed by atoms with van der Waals surface area (Å²) in [5.41, 5.74) is -1.72. The molecule has 0 amide bonds. The highest BCUT2D eigenvalue weighted by Gasteiger charge is 2.25. The molecule has 2 N–H and O–H groups in total. The molecular weight excluding hydrogens is 348 g/mol. The number of aliphatic hydroxyl groups is 1. The minimum absolute atomic E-state index is 0.443. The van der Waals surface area contributed by atoms with Crippen LogP contribution in [0.3, 0.4) is 0 Å². The lowest BCUT2D eigenvalue weighted by Gasteiger charge is -2.18. The van der Waals surface area contributed by atoms with Crippen molar-refractivity contribution in [1.29, 1.82) is 0 Å². The van der Waals surface area contributed by atoms with Crippen LogP contribution in [-0.2, 0) is 4.79 Å². The average molecular weight is 387 g/mol. The van der Waals surface area contributed by atoms with E-state index >= 15 is 0 Å². The van der Waals surface area contributed by atoms with Crippen LogP contribution in [0.25, 0.3) is 0 Å². The Bertz CT molecular complexity index is 599. The third kappa shape index (κ3) is 15.0. The van der Waals surface area contributed by atoms with Gasteiger partial charge in [-0.3, -0.25) is 4.79 Å². The lowest BCUT2D eigenvalue weighted by molar-refractivity contribution is -0.146. The Morgan fingerprint density at radius 1 is 0.750 bits per heavy atom. The molecule has 3 nitrogen and oxygen atoms in total. The summed E-state index contributed by atoms with van der Waals surface area (Å²) in [5.74, 6) is -0.817. The third-order valence-electron chi connectivity index (χ3n) is 4.16. The highest BCUT2D eigenvalue weighted by molar-refractivity contribution is 5.73. The maximum atomic E-state index is 11.0. The highest BCUT2D eigenvalue weighted by Crippen LogP contribution is 2.21. The van der Waals surface area contributed by atoms with Gasteiger partial charge in [0.05, 0.1) is 11.0 Å². The van der Waals surface area contributed by atoms with Gasteiger partial charge in [0.25, 0.3) is 0 Å². The molecule has 0 bridgehead atoms. The summed E-state index contributed by atoms with van der Waals surface area (Å²) in [5, 5.41) is 19.4. The Kier molecular flexibility index (Phi) is 13.7. The molecule has 0 aromatic carbocycles. The van der Waals surface area contributed by atoms with Gasteiger partial charge in [-0.2, -0.15) is 0 Å².